The Bertz CT molecular complexity index is 524. The summed E-state index contributed by atoms with van der Waals surface area (Å²) < 4.78 is 15.0. The molecule has 2 aromatic rings. The summed E-state index contributed by atoms with van der Waals surface area (Å²) in [5.41, 5.74) is 0.247. The number of hydrogen-bond donors (Lipinski definition) is 1. The van der Waals surface area contributed by atoms with Crippen molar-refractivity contribution in [3.63, 3.8) is 0 Å². The van der Waals surface area contributed by atoms with Gasteiger partial charge in [-0.2, -0.15) is 0 Å². The van der Waals surface area contributed by atoms with Crippen LogP contribution in [0.3, 0.4) is 0 Å². The molecule has 74 valence electrons. The van der Waals surface area contributed by atoms with E-state index in [0.29, 0.717) is 5.52 Å². The lowest BCUT2D eigenvalue weighted by Gasteiger charge is -2.07. The molecule has 1 N–H and O–H groups in total. The van der Waals surface area contributed by atoms with Gasteiger partial charge in [-0.3, -0.25) is 14.6 Å². The predicted molar refractivity (Wildman–Crippen MR) is 52.9 cm³/mol. The van der Waals surface area contributed by atoms with Crippen LogP contribution in [0.25, 0.3) is 10.9 Å². The van der Waals surface area contributed by atoms with Gasteiger partial charge in [-0.25, -0.2) is 4.39 Å². The minimum Gasteiger partial charge on any atom is -0.282 e. The number of H-pyrrole nitrogens is 1. The van der Waals surface area contributed by atoms with Crippen molar-refractivity contribution >= 4 is 10.9 Å². The SMILES string of the molecule is CC(C)n1[nH]c(=O)c2c(F)cccc21. The van der Waals surface area contributed by atoms with E-state index in [4.69, 9.17) is 0 Å². The van der Waals surface area contributed by atoms with Gasteiger partial charge in [-0.1, -0.05) is 6.07 Å². The van der Waals surface area contributed by atoms with Crippen LogP contribution < -0.4 is 5.56 Å². The average Bonchev–Trinajstić information content (AvgIpc) is 2.45. The van der Waals surface area contributed by atoms with Crippen LogP contribution in [-0.2, 0) is 0 Å². The van der Waals surface area contributed by atoms with Crippen molar-refractivity contribution in [3.05, 3.63) is 34.4 Å². The standard InChI is InChI=1S/C10H11FN2O/c1-6(2)13-8-5-3-4-7(11)9(8)10(14)12-13/h3-6H,1-2H3,(H,12,14). The second-order valence-corrected chi connectivity index (χ2v) is 3.54. The molecule has 3 nitrogen and oxygen atoms in total. The Morgan fingerprint density at radius 3 is 2.79 bits per heavy atom. The van der Waals surface area contributed by atoms with Gasteiger partial charge in [0.25, 0.3) is 5.56 Å². The number of hydrogen-bond acceptors (Lipinski definition) is 1. The maximum Gasteiger partial charge on any atom is 0.274 e. The summed E-state index contributed by atoms with van der Waals surface area (Å²) in [5, 5.41) is 2.75. The van der Waals surface area contributed by atoms with Crippen molar-refractivity contribution in [1.29, 1.82) is 0 Å². The Hall–Kier alpha value is -1.58. The number of aromatic amines is 1. The van der Waals surface area contributed by atoms with Gasteiger partial charge < -0.3 is 0 Å². The van der Waals surface area contributed by atoms with E-state index in [0.717, 1.165) is 0 Å². The largest absolute Gasteiger partial charge is 0.282 e. The topological polar surface area (TPSA) is 37.8 Å². The van der Waals surface area contributed by atoms with E-state index in [9.17, 15) is 9.18 Å². The van der Waals surface area contributed by atoms with Gasteiger partial charge >= 0.3 is 0 Å². The molecule has 0 saturated carbocycles. The minimum absolute atomic E-state index is 0.113. The van der Waals surface area contributed by atoms with Crippen LogP contribution >= 0.6 is 0 Å². The third-order valence-electron chi connectivity index (χ3n) is 2.22. The van der Waals surface area contributed by atoms with E-state index in [1.807, 2.05) is 13.8 Å². The summed E-state index contributed by atoms with van der Waals surface area (Å²) in [6.45, 7) is 3.86. The lowest BCUT2D eigenvalue weighted by molar-refractivity contribution is 0.546. The maximum atomic E-state index is 13.3. The van der Waals surface area contributed by atoms with Gasteiger partial charge in [0.1, 0.15) is 11.2 Å². The van der Waals surface area contributed by atoms with Gasteiger partial charge in [0.15, 0.2) is 0 Å². The van der Waals surface area contributed by atoms with Crippen LogP contribution in [-0.4, -0.2) is 9.78 Å². The lowest BCUT2D eigenvalue weighted by atomic mass is 10.2. The molecule has 14 heavy (non-hydrogen) atoms. The number of nitrogens with one attached hydrogen (secondary N) is 1. The van der Waals surface area contributed by atoms with E-state index in [2.05, 4.69) is 5.10 Å². The Morgan fingerprint density at radius 1 is 1.43 bits per heavy atom. The number of benzene rings is 1. The number of rotatable bonds is 1. The first-order chi connectivity index (χ1) is 6.61. The molecule has 0 unspecified atom stereocenters. The zero-order chi connectivity index (χ0) is 10.3. The molecule has 4 heteroatoms. The molecule has 0 atom stereocenters. The molecule has 0 aliphatic heterocycles. The molecular formula is C10H11FN2O. The number of aromatic nitrogens is 2. The fourth-order valence-corrected chi connectivity index (χ4v) is 1.57. The Kier molecular flexibility index (Phi) is 1.91. The highest BCUT2D eigenvalue weighted by atomic mass is 19.1. The molecule has 0 amide bonds. The molecule has 0 aliphatic rings. The van der Waals surface area contributed by atoms with Crippen molar-refractivity contribution in [3.8, 4) is 0 Å². The Morgan fingerprint density at radius 2 is 2.14 bits per heavy atom. The fourth-order valence-electron chi connectivity index (χ4n) is 1.57. The van der Waals surface area contributed by atoms with Crippen LogP contribution in [0.5, 0.6) is 0 Å². The van der Waals surface area contributed by atoms with E-state index >= 15 is 0 Å². The van der Waals surface area contributed by atoms with Crippen LogP contribution in [0.1, 0.15) is 19.9 Å². The van der Waals surface area contributed by atoms with E-state index in [-0.39, 0.29) is 17.0 Å². The van der Waals surface area contributed by atoms with E-state index < -0.39 is 5.82 Å². The highest BCUT2D eigenvalue weighted by Gasteiger charge is 2.11. The molecule has 1 aromatic heterocycles. The van der Waals surface area contributed by atoms with Gasteiger partial charge in [0, 0.05) is 6.04 Å². The Labute approximate surface area is 80.1 Å². The first-order valence-electron chi connectivity index (χ1n) is 4.50. The van der Waals surface area contributed by atoms with Crippen LogP contribution in [0.15, 0.2) is 23.0 Å². The summed E-state index contributed by atoms with van der Waals surface area (Å²) in [6.07, 6.45) is 0. The zero-order valence-electron chi connectivity index (χ0n) is 8.04. The van der Waals surface area contributed by atoms with Gasteiger partial charge in [0.2, 0.25) is 0 Å². The molecule has 0 saturated heterocycles. The normalized spacial score (nSPS) is 11.4. The summed E-state index contributed by atoms with van der Waals surface area (Å²) in [7, 11) is 0. The number of nitrogens with zero attached hydrogens (tertiary/aromatic N) is 1. The summed E-state index contributed by atoms with van der Waals surface area (Å²) in [5.74, 6) is -0.469. The quantitative estimate of drug-likeness (QED) is 0.741. The van der Waals surface area contributed by atoms with Crippen molar-refractivity contribution in [2.24, 2.45) is 0 Å². The van der Waals surface area contributed by atoms with E-state index in [1.54, 1.807) is 16.8 Å². The van der Waals surface area contributed by atoms with Crippen molar-refractivity contribution < 1.29 is 4.39 Å². The van der Waals surface area contributed by atoms with Crippen LogP contribution in [0, 0.1) is 5.82 Å². The third kappa shape index (κ3) is 1.14. The smallest absolute Gasteiger partial charge is 0.274 e. The molecule has 0 fully saturated rings. The Balaban J connectivity index is 2.91. The highest BCUT2D eigenvalue weighted by Crippen LogP contribution is 2.16. The molecule has 0 radical (unpaired) electrons. The van der Waals surface area contributed by atoms with Crippen molar-refractivity contribution in [2.75, 3.05) is 0 Å². The highest BCUT2D eigenvalue weighted by molar-refractivity contribution is 5.79. The number of halogens is 1. The molecule has 1 aromatic carbocycles. The second-order valence-electron chi connectivity index (χ2n) is 3.54. The zero-order valence-corrected chi connectivity index (χ0v) is 8.04. The van der Waals surface area contributed by atoms with Crippen LogP contribution in [0.2, 0.25) is 0 Å². The third-order valence-corrected chi connectivity index (χ3v) is 2.22. The summed E-state index contributed by atoms with van der Waals surface area (Å²) >= 11 is 0. The minimum atomic E-state index is -0.469. The first-order valence-corrected chi connectivity index (χ1v) is 4.50. The van der Waals surface area contributed by atoms with Crippen molar-refractivity contribution in [1.82, 2.24) is 9.78 Å². The molecular weight excluding hydrogens is 183 g/mol. The number of fused-ring (bicyclic) bond motifs is 1. The molecule has 0 aliphatic carbocycles. The monoisotopic (exact) mass is 194 g/mol. The van der Waals surface area contributed by atoms with Crippen LogP contribution in [0.4, 0.5) is 4.39 Å². The maximum absolute atomic E-state index is 13.3. The molecule has 0 spiro atoms. The van der Waals surface area contributed by atoms with Crippen molar-refractivity contribution in [2.45, 2.75) is 19.9 Å². The first kappa shape index (κ1) is 8.99. The molecule has 2 rings (SSSR count). The predicted octanol–water partition coefficient (Wildman–Crippen LogP) is 2.05. The average molecular weight is 194 g/mol. The molecule has 0 bridgehead atoms. The van der Waals surface area contributed by atoms with Gasteiger partial charge in [-0.05, 0) is 26.0 Å². The summed E-state index contributed by atoms with van der Waals surface area (Å²) in [4.78, 5) is 11.4. The lowest BCUT2D eigenvalue weighted by Crippen LogP contribution is -2.07. The van der Waals surface area contributed by atoms with Gasteiger partial charge in [-0.15, -0.1) is 0 Å². The fraction of sp³-hybridized carbons (Fsp3) is 0.300. The summed E-state index contributed by atoms with van der Waals surface area (Å²) in [6, 6.07) is 4.74. The van der Waals surface area contributed by atoms with Gasteiger partial charge in [0.05, 0.1) is 5.52 Å². The second kappa shape index (κ2) is 2.97. The molecule has 1 heterocycles. The van der Waals surface area contributed by atoms with E-state index in [1.165, 1.54) is 6.07 Å².